The Morgan fingerprint density at radius 2 is 1.74 bits per heavy atom. The summed E-state index contributed by atoms with van der Waals surface area (Å²) in [6, 6.07) is 9.45. The van der Waals surface area contributed by atoms with E-state index in [4.69, 9.17) is 10.5 Å². The molecule has 0 radical (unpaired) electrons. The average molecular weight is 466 g/mol. The number of nitrogens with one attached hydrogen (secondary N) is 1. The number of hydrogen-bond donors (Lipinski definition) is 2. The van der Waals surface area contributed by atoms with Crippen LogP contribution in [0.1, 0.15) is 88.5 Å². The number of nitrogens with zero attached hydrogens (tertiary/aromatic N) is 1. The van der Waals surface area contributed by atoms with Gasteiger partial charge < -0.3 is 20.4 Å². The van der Waals surface area contributed by atoms with Crippen molar-refractivity contribution in [3.8, 4) is 0 Å². The molecule has 3 N–H and O–H groups in total. The highest BCUT2D eigenvalue weighted by molar-refractivity contribution is 5.86. The minimum absolute atomic E-state index is 0.209. The molecule has 2 aromatic rings. The summed E-state index contributed by atoms with van der Waals surface area (Å²) in [5.74, 6) is 1.72. The molecule has 34 heavy (non-hydrogen) atoms. The van der Waals surface area contributed by atoms with Gasteiger partial charge in [-0.05, 0) is 80.8 Å². The summed E-state index contributed by atoms with van der Waals surface area (Å²) < 4.78 is 8.21. The summed E-state index contributed by atoms with van der Waals surface area (Å²) in [5, 5.41) is 4.71. The van der Waals surface area contributed by atoms with Gasteiger partial charge in [-0.2, -0.15) is 0 Å². The molecule has 1 saturated heterocycles. The molecule has 186 valence electrons. The van der Waals surface area contributed by atoms with Gasteiger partial charge >= 0.3 is 0 Å². The average Bonchev–Trinajstić information content (AvgIpc) is 3.23. The van der Waals surface area contributed by atoms with Gasteiger partial charge in [0.15, 0.2) is 0 Å². The quantitative estimate of drug-likeness (QED) is 0.567. The van der Waals surface area contributed by atoms with Crippen LogP contribution in [0.15, 0.2) is 30.5 Å². The SMILES string of the molecule is N[C@H]1CC[C@H](NC(=O)CC(c2cn(CC3CCCCC3)c3ccccc23)C2CCOCC2)CC1. The molecule has 0 bridgehead atoms. The molecule has 3 fully saturated rings. The van der Waals surface area contributed by atoms with Crippen LogP contribution in [0.3, 0.4) is 0 Å². The van der Waals surface area contributed by atoms with Gasteiger partial charge in [-0.25, -0.2) is 0 Å². The second kappa shape index (κ2) is 11.3. The normalized spacial score (nSPS) is 25.9. The van der Waals surface area contributed by atoms with Crippen molar-refractivity contribution >= 4 is 16.8 Å². The number of rotatable bonds is 7. The van der Waals surface area contributed by atoms with E-state index in [9.17, 15) is 4.79 Å². The zero-order valence-corrected chi connectivity index (χ0v) is 20.7. The second-order valence-corrected chi connectivity index (χ2v) is 11.2. The molecule has 1 aliphatic heterocycles. The molecule has 5 heteroatoms. The zero-order valence-electron chi connectivity index (χ0n) is 20.7. The number of amides is 1. The lowest BCUT2D eigenvalue weighted by Gasteiger charge is -2.31. The van der Waals surface area contributed by atoms with Crippen molar-refractivity contribution in [3.63, 3.8) is 0 Å². The van der Waals surface area contributed by atoms with Gasteiger partial charge in [-0.15, -0.1) is 0 Å². The third-order valence-electron chi connectivity index (χ3n) is 8.78. The van der Waals surface area contributed by atoms with E-state index in [0.717, 1.165) is 64.2 Å². The smallest absolute Gasteiger partial charge is 0.220 e. The van der Waals surface area contributed by atoms with Gasteiger partial charge in [0.25, 0.3) is 0 Å². The monoisotopic (exact) mass is 465 g/mol. The van der Waals surface area contributed by atoms with Gasteiger partial charge in [0, 0.05) is 55.4 Å². The maximum absolute atomic E-state index is 13.3. The molecule has 1 amide bonds. The maximum Gasteiger partial charge on any atom is 0.220 e. The topological polar surface area (TPSA) is 69.3 Å². The van der Waals surface area contributed by atoms with E-state index >= 15 is 0 Å². The van der Waals surface area contributed by atoms with Crippen molar-refractivity contribution in [1.29, 1.82) is 0 Å². The van der Waals surface area contributed by atoms with Crippen LogP contribution in [0.4, 0.5) is 0 Å². The summed E-state index contributed by atoms with van der Waals surface area (Å²) >= 11 is 0. The summed E-state index contributed by atoms with van der Waals surface area (Å²) in [4.78, 5) is 13.3. The number of nitrogens with two attached hydrogens (primary N) is 1. The molecule has 2 aliphatic carbocycles. The Hall–Kier alpha value is -1.85. The molecule has 2 saturated carbocycles. The Balaban J connectivity index is 1.39. The van der Waals surface area contributed by atoms with Crippen LogP contribution >= 0.6 is 0 Å². The van der Waals surface area contributed by atoms with Crippen LogP contribution in [-0.4, -0.2) is 35.8 Å². The Labute approximate surface area is 204 Å². The Morgan fingerprint density at radius 3 is 2.50 bits per heavy atom. The molecule has 1 atom stereocenters. The third-order valence-corrected chi connectivity index (χ3v) is 8.78. The van der Waals surface area contributed by atoms with E-state index in [1.54, 1.807) is 0 Å². The fraction of sp³-hybridized carbons (Fsp3) is 0.690. The van der Waals surface area contributed by atoms with E-state index in [0.29, 0.717) is 18.4 Å². The molecule has 3 aliphatic rings. The van der Waals surface area contributed by atoms with E-state index in [2.05, 4.69) is 40.3 Å². The number of hydrogen-bond acceptors (Lipinski definition) is 3. The Kier molecular flexibility index (Phi) is 7.90. The first kappa shape index (κ1) is 23.9. The molecular weight excluding hydrogens is 422 g/mol. The second-order valence-electron chi connectivity index (χ2n) is 11.2. The number of para-hydroxylation sites is 1. The van der Waals surface area contributed by atoms with Crippen LogP contribution in [0.25, 0.3) is 10.9 Å². The lowest BCUT2D eigenvalue weighted by atomic mass is 9.79. The van der Waals surface area contributed by atoms with Crippen LogP contribution in [0.2, 0.25) is 0 Å². The minimum atomic E-state index is 0.209. The van der Waals surface area contributed by atoms with Crippen molar-refractivity contribution in [2.24, 2.45) is 17.6 Å². The standard InChI is InChI=1S/C29H43N3O2/c30-23-10-12-24(13-11-23)31-29(33)18-26(22-14-16-34-17-15-22)27-20-32(19-21-6-2-1-3-7-21)28-9-5-4-8-25(27)28/h4-5,8-9,20-24,26H,1-3,6-7,10-19,30H2,(H,31,33)/t23-,24-,26?. The molecule has 1 aromatic heterocycles. The number of carbonyl (C=O) groups is 1. The predicted octanol–water partition coefficient (Wildman–Crippen LogP) is 5.51. The molecule has 5 rings (SSSR count). The minimum Gasteiger partial charge on any atom is -0.381 e. The van der Waals surface area contributed by atoms with Gasteiger partial charge in [-0.1, -0.05) is 37.5 Å². The predicted molar refractivity (Wildman–Crippen MR) is 138 cm³/mol. The van der Waals surface area contributed by atoms with Crippen LogP contribution in [-0.2, 0) is 16.1 Å². The molecule has 1 aromatic carbocycles. The number of benzene rings is 1. The molecule has 1 unspecified atom stereocenters. The van der Waals surface area contributed by atoms with E-state index in [1.807, 2.05) is 0 Å². The van der Waals surface area contributed by atoms with Gasteiger partial charge in [-0.3, -0.25) is 4.79 Å². The van der Waals surface area contributed by atoms with E-state index in [-0.39, 0.29) is 17.9 Å². The van der Waals surface area contributed by atoms with E-state index in [1.165, 1.54) is 48.6 Å². The third kappa shape index (κ3) is 5.68. The van der Waals surface area contributed by atoms with Crippen molar-refractivity contribution < 1.29 is 9.53 Å². The molecule has 5 nitrogen and oxygen atoms in total. The van der Waals surface area contributed by atoms with E-state index < -0.39 is 0 Å². The summed E-state index contributed by atoms with van der Waals surface area (Å²) in [6.45, 7) is 2.73. The summed E-state index contributed by atoms with van der Waals surface area (Å²) in [6.07, 6.45) is 15.9. The maximum atomic E-state index is 13.3. The first-order valence-electron chi connectivity index (χ1n) is 13.9. The van der Waals surface area contributed by atoms with Crippen molar-refractivity contribution in [2.45, 2.75) is 102 Å². The first-order chi connectivity index (χ1) is 16.7. The molecule has 2 heterocycles. The van der Waals surface area contributed by atoms with Crippen LogP contribution in [0, 0.1) is 11.8 Å². The summed E-state index contributed by atoms with van der Waals surface area (Å²) in [7, 11) is 0. The Morgan fingerprint density at radius 1 is 1.00 bits per heavy atom. The fourth-order valence-electron chi connectivity index (χ4n) is 6.77. The van der Waals surface area contributed by atoms with Gasteiger partial charge in [0.2, 0.25) is 5.91 Å². The fourth-order valence-corrected chi connectivity index (χ4v) is 6.77. The highest BCUT2D eigenvalue weighted by Crippen LogP contribution is 2.40. The number of aromatic nitrogens is 1. The van der Waals surface area contributed by atoms with Gasteiger partial charge in [0.1, 0.15) is 0 Å². The molecular formula is C29H43N3O2. The van der Waals surface area contributed by atoms with Crippen molar-refractivity contribution in [3.05, 3.63) is 36.0 Å². The lowest BCUT2D eigenvalue weighted by molar-refractivity contribution is -0.122. The van der Waals surface area contributed by atoms with Crippen LogP contribution < -0.4 is 11.1 Å². The molecule has 0 spiro atoms. The number of carbonyl (C=O) groups excluding carboxylic acids is 1. The largest absolute Gasteiger partial charge is 0.381 e. The lowest BCUT2D eigenvalue weighted by Crippen LogP contribution is -2.41. The Bertz CT molecular complexity index is 934. The van der Waals surface area contributed by atoms with Gasteiger partial charge in [0.05, 0.1) is 0 Å². The highest BCUT2D eigenvalue weighted by Gasteiger charge is 2.31. The zero-order chi connectivity index (χ0) is 23.3. The van der Waals surface area contributed by atoms with Crippen LogP contribution in [0.5, 0.6) is 0 Å². The summed E-state index contributed by atoms with van der Waals surface area (Å²) in [5.41, 5.74) is 8.79. The number of ether oxygens (including phenoxy) is 1. The van der Waals surface area contributed by atoms with Crippen molar-refractivity contribution in [1.82, 2.24) is 9.88 Å². The number of fused-ring (bicyclic) bond motifs is 1. The first-order valence-corrected chi connectivity index (χ1v) is 13.9. The highest BCUT2D eigenvalue weighted by atomic mass is 16.5. The van der Waals surface area contributed by atoms with Crippen molar-refractivity contribution in [2.75, 3.05) is 13.2 Å².